The summed E-state index contributed by atoms with van der Waals surface area (Å²) < 4.78 is 0. The van der Waals surface area contributed by atoms with E-state index in [1.807, 2.05) is 0 Å². The standard InChI is InChI=1S/C8H12N2O4/c11-6(9-4-8(13)14)5-10-3-1-2-7(10)12/h1-5H2,(H,9,11)(H,13,14). The Bertz CT molecular complexity index is 264. The van der Waals surface area contributed by atoms with Crippen LogP contribution < -0.4 is 5.32 Å². The van der Waals surface area contributed by atoms with Crippen LogP contribution >= 0.6 is 0 Å². The van der Waals surface area contributed by atoms with Crippen LogP contribution in [0, 0.1) is 0 Å². The van der Waals surface area contributed by atoms with Crippen LogP contribution in [0.3, 0.4) is 0 Å². The van der Waals surface area contributed by atoms with Gasteiger partial charge in [0.25, 0.3) is 0 Å². The van der Waals surface area contributed by atoms with E-state index in [0.29, 0.717) is 13.0 Å². The molecule has 2 N–H and O–H groups in total. The van der Waals surface area contributed by atoms with Gasteiger partial charge in [0.15, 0.2) is 0 Å². The number of carboxylic acids is 1. The van der Waals surface area contributed by atoms with E-state index in [2.05, 4.69) is 5.32 Å². The van der Waals surface area contributed by atoms with E-state index in [4.69, 9.17) is 5.11 Å². The zero-order valence-electron chi connectivity index (χ0n) is 7.65. The number of hydrogen-bond donors (Lipinski definition) is 2. The van der Waals surface area contributed by atoms with Crippen LogP contribution in [0.2, 0.25) is 0 Å². The summed E-state index contributed by atoms with van der Waals surface area (Å²) in [5.41, 5.74) is 0. The molecule has 0 aromatic rings. The second-order valence-electron chi connectivity index (χ2n) is 3.09. The summed E-state index contributed by atoms with van der Waals surface area (Å²) >= 11 is 0. The predicted octanol–water partition coefficient (Wildman–Crippen LogP) is -1.19. The lowest BCUT2D eigenvalue weighted by Crippen LogP contribution is -2.39. The summed E-state index contributed by atoms with van der Waals surface area (Å²) in [6, 6.07) is 0. The third kappa shape index (κ3) is 3.04. The first-order chi connectivity index (χ1) is 6.59. The highest BCUT2D eigenvalue weighted by atomic mass is 16.4. The van der Waals surface area contributed by atoms with E-state index in [0.717, 1.165) is 6.42 Å². The molecule has 0 aromatic heterocycles. The largest absolute Gasteiger partial charge is 0.480 e. The Morgan fingerprint density at radius 2 is 2.21 bits per heavy atom. The van der Waals surface area contributed by atoms with Crippen molar-refractivity contribution in [3.05, 3.63) is 0 Å². The SMILES string of the molecule is O=C(O)CNC(=O)CN1CCCC1=O. The molecular formula is C8H12N2O4. The van der Waals surface area contributed by atoms with Crippen LogP contribution in [0.4, 0.5) is 0 Å². The molecule has 14 heavy (non-hydrogen) atoms. The van der Waals surface area contributed by atoms with Crippen LogP contribution in [0.15, 0.2) is 0 Å². The molecule has 78 valence electrons. The molecule has 0 spiro atoms. The van der Waals surface area contributed by atoms with Gasteiger partial charge < -0.3 is 15.3 Å². The highest BCUT2D eigenvalue weighted by molar-refractivity contribution is 5.87. The fourth-order valence-corrected chi connectivity index (χ4v) is 1.27. The fraction of sp³-hybridized carbons (Fsp3) is 0.625. The topological polar surface area (TPSA) is 86.7 Å². The lowest BCUT2D eigenvalue weighted by atomic mass is 10.4. The number of likely N-dealkylation sites (tertiary alicyclic amines) is 1. The predicted molar refractivity (Wildman–Crippen MR) is 46.5 cm³/mol. The Labute approximate surface area is 80.9 Å². The molecule has 0 bridgehead atoms. The fourth-order valence-electron chi connectivity index (χ4n) is 1.27. The summed E-state index contributed by atoms with van der Waals surface area (Å²) in [5.74, 6) is -1.57. The van der Waals surface area contributed by atoms with Gasteiger partial charge in [-0.1, -0.05) is 0 Å². The van der Waals surface area contributed by atoms with Crippen molar-refractivity contribution in [3.63, 3.8) is 0 Å². The van der Waals surface area contributed by atoms with E-state index in [9.17, 15) is 14.4 Å². The number of hydrogen-bond acceptors (Lipinski definition) is 3. The van der Waals surface area contributed by atoms with Gasteiger partial charge in [-0.2, -0.15) is 0 Å². The quantitative estimate of drug-likeness (QED) is 0.597. The Balaban J connectivity index is 2.26. The average Bonchev–Trinajstić information content (AvgIpc) is 2.49. The second kappa shape index (κ2) is 4.59. The lowest BCUT2D eigenvalue weighted by molar-refractivity contribution is -0.138. The minimum atomic E-state index is -1.09. The molecule has 0 atom stereocenters. The van der Waals surface area contributed by atoms with Crippen molar-refractivity contribution in [1.82, 2.24) is 10.2 Å². The van der Waals surface area contributed by atoms with Gasteiger partial charge in [0.2, 0.25) is 11.8 Å². The molecule has 1 fully saturated rings. The molecule has 6 nitrogen and oxygen atoms in total. The van der Waals surface area contributed by atoms with Crippen LogP contribution in [0.5, 0.6) is 0 Å². The highest BCUT2D eigenvalue weighted by Crippen LogP contribution is 2.08. The minimum Gasteiger partial charge on any atom is -0.480 e. The van der Waals surface area contributed by atoms with Crippen LogP contribution in [0.25, 0.3) is 0 Å². The van der Waals surface area contributed by atoms with E-state index in [-0.39, 0.29) is 12.5 Å². The van der Waals surface area contributed by atoms with Gasteiger partial charge in [-0.25, -0.2) is 0 Å². The maximum atomic E-state index is 11.1. The molecule has 0 aromatic carbocycles. The van der Waals surface area contributed by atoms with Gasteiger partial charge in [-0.3, -0.25) is 14.4 Å². The average molecular weight is 200 g/mol. The van der Waals surface area contributed by atoms with Crippen molar-refractivity contribution >= 4 is 17.8 Å². The molecule has 1 rings (SSSR count). The molecule has 6 heteroatoms. The lowest BCUT2D eigenvalue weighted by Gasteiger charge is -2.14. The molecule has 1 aliphatic heterocycles. The third-order valence-electron chi connectivity index (χ3n) is 1.94. The molecule has 1 saturated heterocycles. The number of carbonyl (C=O) groups excluding carboxylic acids is 2. The smallest absolute Gasteiger partial charge is 0.322 e. The van der Waals surface area contributed by atoms with Gasteiger partial charge in [0.05, 0.1) is 6.54 Å². The Morgan fingerprint density at radius 1 is 1.50 bits per heavy atom. The summed E-state index contributed by atoms with van der Waals surface area (Å²) in [6.45, 7) is 0.145. The summed E-state index contributed by atoms with van der Waals surface area (Å²) in [6.07, 6.45) is 1.25. The van der Waals surface area contributed by atoms with Crippen molar-refractivity contribution in [2.45, 2.75) is 12.8 Å². The second-order valence-corrected chi connectivity index (χ2v) is 3.09. The van der Waals surface area contributed by atoms with E-state index < -0.39 is 18.4 Å². The van der Waals surface area contributed by atoms with Crippen LogP contribution in [-0.4, -0.2) is 47.4 Å². The first kappa shape index (κ1) is 10.5. The van der Waals surface area contributed by atoms with Crippen molar-refractivity contribution in [2.24, 2.45) is 0 Å². The first-order valence-electron chi connectivity index (χ1n) is 4.36. The van der Waals surface area contributed by atoms with E-state index in [1.54, 1.807) is 0 Å². The number of aliphatic carboxylic acids is 1. The van der Waals surface area contributed by atoms with Crippen molar-refractivity contribution in [1.29, 1.82) is 0 Å². The van der Waals surface area contributed by atoms with Gasteiger partial charge in [0.1, 0.15) is 6.54 Å². The number of amides is 2. The van der Waals surface area contributed by atoms with E-state index >= 15 is 0 Å². The number of nitrogens with one attached hydrogen (secondary N) is 1. The Hall–Kier alpha value is -1.59. The molecule has 2 amide bonds. The summed E-state index contributed by atoms with van der Waals surface area (Å²) in [7, 11) is 0. The zero-order valence-corrected chi connectivity index (χ0v) is 7.65. The molecule has 1 aliphatic rings. The number of carbonyl (C=O) groups is 3. The highest BCUT2D eigenvalue weighted by Gasteiger charge is 2.22. The molecule has 1 heterocycles. The molecule has 0 unspecified atom stereocenters. The summed E-state index contributed by atoms with van der Waals surface area (Å²) in [5, 5.41) is 10.5. The van der Waals surface area contributed by atoms with Gasteiger partial charge in [0, 0.05) is 13.0 Å². The zero-order chi connectivity index (χ0) is 10.6. The van der Waals surface area contributed by atoms with Crippen molar-refractivity contribution < 1.29 is 19.5 Å². The van der Waals surface area contributed by atoms with Gasteiger partial charge >= 0.3 is 5.97 Å². The maximum Gasteiger partial charge on any atom is 0.322 e. The molecule has 0 aliphatic carbocycles. The monoisotopic (exact) mass is 200 g/mol. The van der Waals surface area contributed by atoms with Crippen molar-refractivity contribution in [2.75, 3.05) is 19.6 Å². The normalized spacial score (nSPS) is 15.7. The molecular weight excluding hydrogens is 188 g/mol. The number of rotatable bonds is 4. The first-order valence-corrected chi connectivity index (χ1v) is 4.36. The number of carboxylic acid groups (broad SMARTS) is 1. The van der Waals surface area contributed by atoms with Crippen molar-refractivity contribution in [3.8, 4) is 0 Å². The summed E-state index contributed by atoms with van der Waals surface area (Å²) in [4.78, 5) is 33.7. The molecule has 0 saturated carbocycles. The third-order valence-corrected chi connectivity index (χ3v) is 1.94. The minimum absolute atomic E-state index is 0.0356. The number of nitrogens with zero attached hydrogens (tertiary/aromatic N) is 1. The Morgan fingerprint density at radius 3 is 2.71 bits per heavy atom. The Kier molecular flexibility index (Phi) is 3.44. The maximum absolute atomic E-state index is 11.1. The van der Waals surface area contributed by atoms with Crippen LogP contribution in [-0.2, 0) is 14.4 Å². The van der Waals surface area contributed by atoms with Gasteiger partial charge in [-0.05, 0) is 6.42 Å². The van der Waals surface area contributed by atoms with E-state index in [1.165, 1.54) is 4.90 Å². The molecule has 0 radical (unpaired) electrons. The van der Waals surface area contributed by atoms with Crippen LogP contribution in [0.1, 0.15) is 12.8 Å². The van der Waals surface area contributed by atoms with Gasteiger partial charge in [-0.15, -0.1) is 0 Å².